The fourth-order valence-corrected chi connectivity index (χ4v) is 0.487. The van der Waals surface area contributed by atoms with Crippen molar-refractivity contribution in [1.29, 1.82) is 0 Å². The number of anilines is 1. The fourth-order valence-electron chi connectivity index (χ4n) is 0.287. The molecule has 1 aromatic heterocycles. The lowest BCUT2D eigenvalue weighted by Crippen LogP contribution is -2.17. The molecule has 0 bridgehead atoms. The summed E-state index contributed by atoms with van der Waals surface area (Å²) in [5, 5.41) is 14.1. The van der Waals surface area contributed by atoms with Crippen LogP contribution in [0.2, 0.25) is 0 Å². The first-order chi connectivity index (χ1) is 3.79. The molecule has 0 spiro atoms. The van der Waals surface area contributed by atoms with Gasteiger partial charge in [0.05, 0.1) is 10.2 Å². The van der Waals surface area contributed by atoms with Gasteiger partial charge < -0.3 is 5.73 Å². The van der Waals surface area contributed by atoms with Gasteiger partial charge in [0.2, 0.25) is 0 Å². The number of rotatable bonds is 0. The molecule has 2 N–H and O–H groups in total. The molecule has 0 saturated heterocycles. The maximum Gasteiger partial charge on any atom is 0.259 e. The average molecular weight is 127 g/mol. The van der Waals surface area contributed by atoms with Crippen molar-refractivity contribution in [1.82, 2.24) is 20.4 Å². The van der Waals surface area contributed by atoms with E-state index in [4.69, 9.17) is 5.73 Å². The van der Waals surface area contributed by atoms with Crippen LogP contribution in [0.25, 0.3) is 0 Å². The highest BCUT2D eigenvalue weighted by Crippen LogP contribution is 1.71. The lowest BCUT2D eigenvalue weighted by Gasteiger charge is -1.85. The predicted molar refractivity (Wildman–Crippen MR) is 31.6 cm³/mol. The fraction of sp³-hybridized carbons (Fsp3) is 0. The monoisotopic (exact) mass is 127 g/mol. The largest absolute Gasteiger partial charge is 0.365 e. The van der Waals surface area contributed by atoms with Gasteiger partial charge in [-0.2, -0.15) is 0 Å². The molecule has 0 atom stereocenters. The number of nitrogen functional groups attached to an aromatic ring is 1. The second kappa shape index (κ2) is 1.82. The van der Waals surface area contributed by atoms with E-state index in [0.29, 0.717) is 5.45 Å². The van der Waals surface area contributed by atoms with Gasteiger partial charge in [-0.1, -0.05) is 0 Å². The number of hydrogen-bond donors (Lipinski definition) is 1. The van der Waals surface area contributed by atoms with E-state index in [-0.39, 0.29) is 5.95 Å². The van der Waals surface area contributed by atoms with Crippen molar-refractivity contribution < 1.29 is 0 Å². The van der Waals surface area contributed by atoms with Gasteiger partial charge in [0.1, 0.15) is 5.45 Å². The molecule has 1 rings (SSSR count). The van der Waals surface area contributed by atoms with E-state index < -0.39 is 0 Å². The zero-order valence-electron chi connectivity index (χ0n) is 4.37. The smallest absolute Gasteiger partial charge is 0.259 e. The first kappa shape index (κ1) is 5.10. The van der Waals surface area contributed by atoms with Crippen molar-refractivity contribution >= 4 is 21.6 Å². The van der Waals surface area contributed by atoms with E-state index in [9.17, 15) is 0 Å². The Labute approximate surface area is 48.8 Å². The highest BCUT2D eigenvalue weighted by atomic mass is 28.1. The van der Waals surface area contributed by atoms with Crippen LogP contribution in [0.3, 0.4) is 0 Å². The van der Waals surface area contributed by atoms with Crippen molar-refractivity contribution in [3.05, 3.63) is 0 Å². The normalized spacial score (nSPS) is 9.50. The zero-order valence-corrected chi connectivity index (χ0v) is 6.37. The lowest BCUT2D eigenvalue weighted by atomic mass is 11.1. The highest BCUT2D eigenvalue weighted by Gasteiger charge is 1.86. The summed E-state index contributed by atoms with van der Waals surface area (Å²) in [7, 11) is 0.769. The summed E-state index contributed by atoms with van der Waals surface area (Å²) < 4.78 is 0. The van der Waals surface area contributed by atoms with Gasteiger partial charge in [-0.25, -0.2) is 0 Å². The van der Waals surface area contributed by atoms with Gasteiger partial charge >= 0.3 is 0 Å². The van der Waals surface area contributed by atoms with Crippen molar-refractivity contribution in [3.8, 4) is 0 Å². The van der Waals surface area contributed by atoms with Crippen molar-refractivity contribution in [2.75, 3.05) is 5.73 Å². The summed E-state index contributed by atoms with van der Waals surface area (Å²) in [6.45, 7) is 0. The molecule has 0 amide bonds. The van der Waals surface area contributed by atoms with Crippen molar-refractivity contribution in [2.45, 2.75) is 0 Å². The molecule has 0 aliphatic carbocycles. The first-order valence-electron chi connectivity index (χ1n) is 2.08. The van der Waals surface area contributed by atoms with Crippen LogP contribution in [-0.4, -0.2) is 30.6 Å². The molecule has 6 heteroatoms. The van der Waals surface area contributed by atoms with Crippen molar-refractivity contribution in [3.63, 3.8) is 0 Å². The first-order valence-corrected chi connectivity index (χ1v) is 3.08. The summed E-state index contributed by atoms with van der Waals surface area (Å²) in [5.74, 6) is 0.129. The van der Waals surface area contributed by atoms with E-state index in [1.165, 1.54) is 0 Å². The summed E-state index contributed by atoms with van der Waals surface area (Å²) in [5.41, 5.74) is 5.76. The number of nitrogens with zero attached hydrogens (tertiary/aromatic N) is 4. The Morgan fingerprint density at radius 2 is 1.62 bits per heavy atom. The van der Waals surface area contributed by atoms with E-state index in [2.05, 4.69) is 20.4 Å². The molecule has 0 fully saturated rings. The highest BCUT2D eigenvalue weighted by molar-refractivity contribution is 6.28. The topological polar surface area (TPSA) is 77.6 Å². The molecule has 0 unspecified atom stereocenters. The maximum absolute atomic E-state index is 5.09. The van der Waals surface area contributed by atoms with Gasteiger partial charge in [-0.15, -0.1) is 20.4 Å². The molecule has 0 radical (unpaired) electrons. The maximum atomic E-state index is 5.09. The van der Waals surface area contributed by atoms with Crippen LogP contribution in [0.4, 0.5) is 5.95 Å². The Hall–Kier alpha value is -1.04. The lowest BCUT2D eigenvalue weighted by molar-refractivity contribution is 0.906. The van der Waals surface area contributed by atoms with Crippen LogP contribution in [0.1, 0.15) is 0 Å². The molecule has 0 saturated carbocycles. The second-order valence-corrected chi connectivity index (χ2v) is 2.20. The Balaban J connectivity index is 3.03. The second-order valence-electron chi connectivity index (χ2n) is 1.31. The molecule has 42 valence electrons. The SMILES string of the molecule is Nc1nnc([SiH3])nn1. The predicted octanol–water partition coefficient (Wildman–Crippen LogP) is -3.16. The third-order valence-electron chi connectivity index (χ3n) is 0.594. The standard InChI is InChI=1S/C2H5N5Si/c3-1-4-6-2(8)7-5-1/h8H3,(H2,3,4,5). The molecule has 5 nitrogen and oxygen atoms in total. The quantitative estimate of drug-likeness (QED) is 0.372. The third kappa shape index (κ3) is 0.967. The van der Waals surface area contributed by atoms with Crippen LogP contribution in [0, 0.1) is 0 Å². The van der Waals surface area contributed by atoms with Gasteiger partial charge in [0, 0.05) is 0 Å². The van der Waals surface area contributed by atoms with Gasteiger partial charge in [-0.3, -0.25) is 0 Å². The van der Waals surface area contributed by atoms with Crippen LogP contribution in [0.5, 0.6) is 0 Å². The summed E-state index contributed by atoms with van der Waals surface area (Å²) in [6, 6.07) is 0. The Morgan fingerprint density at radius 1 is 1.12 bits per heavy atom. The van der Waals surface area contributed by atoms with E-state index >= 15 is 0 Å². The minimum atomic E-state index is 0.129. The minimum Gasteiger partial charge on any atom is -0.365 e. The van der Waals surface area contributed by atoms with E-state index in [1.807, 2.05) is 0 Å². The molecule has 8 heavy (non-hydrogen) atoms. The van der Waals surface area contributed by atoms with E-state index in [0.717, 1.165) is 10.2 Å². The number of hydrogen-bond acceptors (Lipinski definition) is 5. The zero-order chi connectivity index (χ0) is 5.98. The summed E-state index contributed by atoms with van der Waals surface area (Å²) in [4.78, 5) is 0. The van der Waals surface area contributed by atoms with Gasteiger partial charge in [-0.05, 0) is 0 Å². The molecule has 0 aliphatic heterocycles. The van der Waals surface area contributed by atoms with Crippen molar-refractivity contribution in [2.24, 2.45) is 0 Å². The third-order valence-corrected chi connectivity index (χ3v) is 0.994. The minimum absolute atomic E-state index is 0.129. The van der Waals surface area contributed by atoms with Crippen LogP contribution in [-0.2, 0) is 0 Å². The molecule has 0 aromatic carbocycles. The summed E-state index contributed by atoms with van der Waals surface area (Å²) >= 11 is 0. The van der Waals surface area contributed by atoms with Gasteiger partial charge in [0.15, 0.2) is 0 Å². The van der Waals surface area contributed by atoms with E-state index in [1.54, 1.807) is 0 Å². The molecular formula is C2H5N5Si. The number of nitrogens with two attached hydrogens (primary N) is 1. The molecular weight excluding hydrogens is 122 g/mol. The molecule has 1 heterocycles. The Bertz CT molecular complexity index is 149. The van der Waals surface area contributed by atoms with Gasteiger partial charge in [0.25, 0.3) is 5.95 Å². The number of aromatic nitrogens is 4. The average Bonchev–Trinajstić information content (AvgIpc) is 1.77. The molecule has 0 aliphatic rings. The molecule has 1 aromatic rings. The Morgan fingerprint density at radius 3 is 2.00 bits per heavy atom. The van der Waals surface area contributed by atoms with Crippen LogP contribution >= 0.6 is 0 Å². The summed E-state index contributed by atoms with van der Waals surface area (Å²) in [6.07, 6.45) is 0. The van der Waals surface area contributed by atoms with Crippen LogP contribution in [0.15, 0.2) is 0 Å². The van der Waals surface area contributed by atoms with Crippen LogP contribution < -0.4 is 11.2 Å². The Kier molecular flexibility index (Phi) is 1.16.